The van der Waals surface area contributed by atoms with Gasteiger partial charge in [0.25, 0.3) is 0 Å². The lowest BCUT2D eigenvalue weighted by molar-refractivity contribution is -0.125. The van der Waals surface area contributed by atoms with E-state index in [1.807, 2.05) is 37.3 Å². The van der Waals surface area contributed by atoms with Crippen molar-refractivity contribution in [3.63, 3.8) is 0 Å². The first-order chi connectivity index (χ1) is 11.5. The molecule has 0 spiro atoms. The molecular weight excluding hydrogens is 342 g/mol. The third-order valence-corrected chi connectivity index (χ3v) is 5.11. The fourth-order valence-corrected chi connectivity index (χ4v) is 3.58. The van der Waals surface area contributed by atoms with E-state index < -0.39 is 0 Å². The maximum Gasteiger partial charge on any atom is 0.238 e. The van der Waals surface area contributed by atoms with E-state index in [9.17, 15) is 9.59 Å². The van der Waals surface area contributed by atoms with Crippen molar-refractivity contribution in [1.82, 2.24) is 4.90 Å². The molecule has 0 N–H and O–H groups in total. The second-order valence-corrected chi connectivity index (χ2v) is 6.99. The van der Waals surface area contributed by atoms with Crippen LogP contribution in [0.1, 0.15) is 21.5 Å². The molecule has 0 saturated carbocycles. The number of nitrogens with zero attached hydrogens (tertiary/aromatic N) is 1. The van der Waals surface area contributed by atoms with Gasteiger partial charge in [0.2, 0.25) is 5.91 Å². The van der Waals surface area contributed by atoms with E-state index in [1.54, 1.807) is 29.2 Å². The highest BCUT2D eigenvalue weighted by Crippen LogP contribution is 2.31. The van der Waals surface area contributed by atoms with Crippen LogP contribution in [0.3, 0.4) is 0 Å². The van der Waals surface area contributed by atoms with Gasteiger partial charge in [-0.25, -0.2) is 0 Å². The summed E-state index contributed by atoms with van der Waals surface area (Å²) in [6, 6.07) is 14.8. The monoisotopic (exact) mass is 357 g/mol. The molecule has 0 atom stereocenters. The molecule has 1 aliphatic rings. The second kappa shape index (κ2) is 7.24. The topological polar surface area (TPSA) is 37.4 Å². The molecule has 122 valence electrons. The minimum atomic E-state index is -0.0774. The molecule has 0 unspecified atom stereocenters. The Morgan fingerprint density at radius 2 is 1.92 bits per heavy atom. The van der Waals surface area contributed by atoms with Gasteiger partial charge in [-0.1, -0.05) is 59.8 Å². The van der Waals surface area contributed by atoms with Crippen LogP contribution in [0.4, 0.5) is 0 Å². The van der Waals surface area contributed by atoms with Gasteiger partial charge in [0.15, 0.2) is 5.78 Å². The predicted molar refractivity (Wildman–Crippen MR) is 98.1 cm³/mol. The van der Waals surface area contributed by atoms with Gasteiger partial charge in [0.1, 0.15) is 0 Å². The molecule has 0 aliphatic carbocycles. The minimum Gasteiger partial charge on any atom is -0.301 e. The number of amides is 1. The number of aryl methyl sites for hydroxylation is 1. The van der Waals surface area contributed by atoms with Crippen LogP contribution in [0.5, 0.6) is 0 Å². The third-order valence-electron chi connectivity index (χ3n) is 3.83. The van der Waals surface area contributed by atoms with Crippen molar-refractivity contribution >= 4 is 35.1 Å². The zero-order valence-corrected chi connectivity index (χ0v) is 14.7. The van der Waals surface area contributed by atoms with E-state index in [0.29, 0.717) is 27.9 Å². The van der Waals surface area contributed by atoms with E-state index in [-0.39, 0.29) is 11.7 Å². The van der Waals surface area contributed by atoms with E-state index in [4.69, 9.17) is 11.6 Å². The number of benzene rings is 2. The summed E-state index contributed by atoms with van der Waals surface area (Å²) in [6.45, 7) is 2.35. The zero-order valence-electron chi connectivity index (χ0n) is 13.2. The highest BCUT2D eigenvalue weighted by molar-refractivity contribution is 8.04. The van der Waals surface area contributed by atoms with Gasteiger partial charge in [-0.15, -0.1) is 0 Å². The number of hydrogen-bond donors (Lipinski definition) is 0. The lowest BCUT2D eigenvalue weighted by Crippen LogP contribution is -2.24. The van der Waals surface area contributed by atoms with Crippen molar-refractivity contribution in [3.8, 4) is 0 Å². The van der Waals surface area contributed by atoms with Gasteiger partial charge < -0.3 is 4.90 Å². The normalized spacial score (nSPS) is 16.0. The molecule has 2 aromatic rings. The summed E-state index contributed by atoms with van der Waals surface area (Å²) >= 11 is 7.30. The van der Waals surface area contributed by atoms with Crippen LogP contribution in [-0.4, -0.2) is 22.3 Å². The Balaban J connectivity index is 1.83. The fraction of sp³-hybridized carbons (Fsp3) is 0.158. The molecule has 0 radical (unpaired) electrons. The third kappa shape index (κ3) is 3.71. The molecule has 24 heavy (non-hydrogen) atoms. The quantitative estimate of drug-likeness (QED) is 0.599. The molecule has 3 nitrogen and oxygen atoms in total. The maximum atomic E-state index is 12.5. The Hall–Kier alpha value is -2.04. The van der Waals surface area contributed by atoms with Crippen molar-refractivity contribution in [2.45, 2.75) is 13.5 Å². The Morgan fingerprint density at radius 1 is 1.21 bits per heavy atom. The fourth-order valence-electron chi connectivity index (χ4n) is 2.51. The first kappa shape index (κ1) is 16.8. The van der Waals surface area contributed by atoms with E-state index in [1.165, 1.54) is 11.8 Å². The first-order valence-corrected chi connectivity index (χ1v) is 8.90. The van der Waals surface area contributed by atoms with Crippen molar-refractivity contribution in [2.75, 3.05) is 5.75 Å². The van der Waals surface area contributed by atoms with Gasteiger partial charge in [-0.3, -0.25) is 9.59 Å². The Bertz CT molecular complexity index is 814. The van der Waals surface area contributed by atoms with Gasteiger partial charge >= 0.3 is 0 Å². The lowest BCUT2D eigenvalue weighted by atomic mass is 10.1. The zero-order chi connectivity index (χ0) is 17.1. The molecule has 1 saturated heterocycles. The Kier molecular flexibility index (Phi) is 5.07. The summed E-state index contributed by atoms with van der Waals surface area (Å²) in [4.78, 5) is 26.4. The Morgan fingerprint density at radius 3 is 2.62 bits per heavy atom. The largest absolute Gasteiger partial charge is 0.301 e. The summed E-state index contributed by atoms with van der Waals surface area (Å²) in [5, 5.41) is 1.36. The molecule has 1 aliphatic heterocycles. The Labute approximate surface area is 150 Å². The molecule has 3 rings (SSSR count). The van der Waals surface area contributed by atoms with Crippen molar-refractivity contribution in [3.05, 3.63) is 81.3 Å². The molecule has 1 amide bonds. The van der Waals surface area contributed by atoms with Gasteiger partial charge in [-0.2, -0.15) is 0 Å². The number of carbonyl (C=O) groups is 2. The summed E-state index contributed by atoms with van der Waals surface area (Å²) in [6.07, 6.45) is 1.56. The van der Waals surface area contributed by atoms with E-state index >= 15 is 0 Å². The average molecular weight is 358 g/mol. The van der Waals surface area contributed by atoms with Crippen LogP contribution in [0.25, 0.3) is 0 Å². The summed E-state index contributed by atoms with van der Waals surface area (Å²) in [5.74, 6) is 0.297. The standard InChI is InChI=1S/C19H16ClNO2S/c1-13-4-2-3-5-16(13)17(22)10-19-21(18(23)12-24-19)11-14-6-8-15(20)9-7-14/h2-10H,11-12H2,1H3/b19-10-. The highest BCUT2D eigenvalue weighted by atomic mass is 35.5. The molecule has 0 aromatic heterocycles. The van der Waals surface area contributed by atoms with Crippen molar-refractivity contribution in [1.29, 1.82) is 0 Å². The van der Waals surface area contributed by atoms with Crippen LogP contribution in [0, 0.1) is 6.92 Å². The van der Waals surface area contributed by atoms with Gasteiger partial charge in [0, 0.05) is 16.7 Å². The van der Waals surface area contributed by atoms with Crippen molar-refractivity contribution in [2.24, 2.45) is 0 Å². The first-order valence-electron chi connectivity index (χ1n) is 7.54. The van der Waals surface area contributed by atoms with Crippen LogP contribution in [-0.2, 0) is 11.3 Å². The van der Waals surface area contributed by atoms with Crippen LogP contribution in [0.15, 0.2) is 59.6 Å². The van der Waals surface area contributed by atoms with Crippen LogP contribution >= 0.6 is 23.4 Å². The van der Waals surface area contributed by atoms with Gasteiger partial charge in [-0.05, 0) is 30.2 Å². The predicted octanol–water partition coefficient (Wildman–Crippen LogP) is 4.45. The van der Waals surface area contributed by atoms with Crippen LogP contribution in [0.2, 0.25) is 5.02 Å². The second-order valence-electron chi connectivity index (χ2n) is 5.56. The molecule has 0 bridgehead atoms. The number of thioether (sulfide) groups is 1. The number of ketones is 1. The van der Waals surface area contributed by atoms with E-state index in [0.717, 1.165) is 11.1 Å². The maximum absolute atomic E-state index is 12.5. The van der Waals surface area contributed by atoms with Gasteiger partial charge in [0.05, 0.1) is 17.3 Å². The summed E-state index contributed by atoms with van der Waals surface area (Å²) in [7, 11) is 0. The van der Waals surface area contributed by atoms with Crippen LogP contribution < -0.4 is 0 Å². The average Bonchev–Trinajstić information content (AvgIpc) is 2.90. The molecule has 1 heterocycles. The summed E-state index contributed by atoms with van der Waals surface area (Å²) in [5.41, 5.74) is 2.57. The number of rotatable bonds is 4. The smallest absolute Gasteiger partial charge is 0.238 e. The van der Waals surface area contributed by atoms with E-state index in [2.05, 4.69) is 0 Å². The van der Waals surface area contributed by atoms with Crippen molar-refractivity contribution < 1.29 is 9.59 Å². The SMILES string of the molecule is Cc1ccccc1C(=O)/C=C1\SCC(=O)N1Cc1ccc(Cl)cc1. The molecular formula is C19H16ClNO2S. The number of allylic oxidation sites excluding steroid dienone is 1. The molecule has 2 aromatic carbocycles. The molecule has 5 heteroatoms. The molecule has 1 fully saturated rings. The number of hydrogen-bond acceptors (Lipinski definition) is 3. The highest BCUT2D eigenvalue weighted by Gasteiger charge is 2.27. The minimum absolute atomic E-state index is 0.0128. The number of halogens is 1. The number of carbonyl (C=O) groups excluding carboxylic acids is 2. The lowest BCUT2D eigenvalue weighted by Gasteiger charge is -2.17. The summed E-state index contributed by atoms with van der Waals surface area (Å²) < 4.78 is 0.